The van der Waals surface area contributed by atoms with Crippen molar-refractivity contribution in [1.82, 2.24) is 20.5 Å². The molecule has 0 atom stereocenters. The second-order valence-corrected chi connectivity index (χ2v) is 9.59. The summed E-state index contributed by atoms with van der Waals surface area (Å²) in [6.45, 7) is 11.5. The Bertz CT molecular complexity index is 1190. The van der Waals surface area contributed by atoms with Crippen LogP contribution in [0.3, 0.4) is 0 Å². The molecule has 0 saturated carbocycles. The average Bonchev–Trinajstić information content (AvgIpc) is 3.34. The quantitative estimate of drug-likeness (QED) is 0.304. The van der Waals surface area contributed by atoms with Crippen molar-refractivity contribution in [2.75, 3.05) is 13.2 Å². The van der Waals surface area contributed by atoms with Gasteiger partial charge >= 0.3 is 6.09 Å². The predicted octanol–water partition coefficient (Wildman–Crippen LogP) is 5.14. The summed E-state index contributed by atoms with van der Waals surface area (Å²) in [4.78, 5) is 28.2. The molecule has 34 heavy (non-hydrogen) atoms. The summed E-state index contributed by atoms with van der Waals surface area (Å²) in [7, 11) is 0. The van der Waals surface area contributed by atoms with Crippen molar-refractivity contribution in [2.45, 2.75) is 53.6 Å². The van der Waals surface area contributed by atoms with Gasteiger partial charge in [-0.25, -0.2) is 4.79 Å². The molecule has 1 aromatic carbocycles. The third-order valence-electron chi connectivity index (χ3n) is 4.87. The molecule has 2 N–H and O–H groups in total. The fraction of sp³-hybridized carbons (Fsp3) is 0.417. The second kappa shape index (κ2) is 10.4. The van der Waals surface area contributed by atoms with E-state index in [0.717, 1.165) is 11.3 Å². The highest BCUT2D eigenvalue weighted by molar-refractivity contribution is 9.10. The molecule has 3 aromatic rings. The molecule has 0 spiro atoms. The number of H-pyrrole nitrogens is 1. The van der Waals surface area contributed by atoms with Crippen LogP contribution in [-0.2, 0) is 11.2 Å². The van der Waals surface area contributed by atoms with Crippen molar-refractivity contribution in [3.63, 3.8) is 0 Å². The Morgan fingerprint density at radius 1 is 1.21 bits per heavy atom. The Balaban J connectivity index is 1.68. The van der Waals surface area contributed by atoms with Gasteiger partial charge in [0.25, 0.3) is 5.89 Å². The highest BCUT2D eigenvalue weighted by Gasteiger charge is 2.23. The van der Waals surface area contributed by atoms with E-state index in [2.05, 4.69) is 36.4 Å². The fourth-order valence-corrected chi connectivity index (χ4v) is 3.83. The number of carbonyl (C=O) groups excluding carboxylic acids is 2. The van der Waals surface area contributed by atoms with Crippen molar-refractivity contribution in [2.24, 2.45) is 0 Å². The molecule has 0 aliphatic heterocycles. The molecule has 0 aliphatic rings. The molecule has 0 saturated heterocycles. The number of benzene rings is 1. The van der Waals surface area contributed by atoms with Gasteiger partial charge in [-0.3, -0.25) is 4.79 Å². The van der Waals surface area contributed by atoms with Crippen LogP contribution in [0.1, 0.15) is 60.8 Å². The van der Waals surface area contributed by atoms with E-state index < -0.39 is 11.7 Å². The summed E-state index contributed by atoms with van der Waals surface area (Å²) in [5, 5.41) is 10.7. The first-order chi connectivity index (χ1) is 16.0. The lowest BCUT2D eigenvalue weighted by molar-refractivity contribution is 0.0520. The lowest BCUT2D eigenvalue weighted by Gasteiger charge is -2.19. The van der Waals surface area contributed by atoms with E-state index in [-0.39, 0.29) is 18.9 Å². The summed E-state index contributed by atoms with van der Waals surface area (Å²) < 4.78 is 17.2. The first-order valence-electron chi connectivity index (χ1n) is 11.0. The number of halogens is 1. The van der Waals surface area contributed by atoms with Gasteiger partial charge in [0.05, 0.1) is 11.0 Å². The van der Waals surface area contributed by atoms with Gasteiger partial charge in [-0.2, -0.15) is 0 Å². The number of ether oxygens (including phenoxy) is 2. The fourth-order valence-electron chi connectivity index (χ4n) is 3.33. The Morgan fingerprint density at radius 2 is 1.94 bits per heavy atom. The zero-order valence-corrected chi connectivity index (χ0v) is 21.8. The number of nitrogens with zero attached hydrogens (tertiary/aromatic N) is 2. The SMILES string of the molecule is CCc1nnc(-c2[nH]c(C)c(C(=O)c3ccc(OCCNC(=O)OC(C)(C)C)c(Br)c3)c2C)o1. The third kappa shape index (κ3) is 6.05. The van der Waals surface area contributed by atoms with Crippen LogP contribution in [0.25, 0.3) is 11.6 Å². The Labute approximate surface area is 206 Å². The average molecular weight is 533 g/mol. The molecule has 0 fully saturated rings. The van der Waals surface area contributed by atoms with E-state index in [1.165, 1.54) is 0 Å². The van der Waals surface area contributed by atoms with Crippen molar-refractivity contribution in [1.29, 1.82) is 0 Å². The first-order valence-corrected chi connectivity index (χ1v) is 11.7. The standard InChI is InChI=1S/C24H29BrN4O5/c1-7-18-28-29-22(33-18)20-13(2)19(14(3)27-20)21(30)15-8-9-17(16(25)12-15)32-11-10-26-23(31)34-24(4,5)6/h8-9,12,27H,7,10-11H2,1-6H3,(H,26,31). The minimum absolute atomic E-state index is 0.133. The summed E-state index contributed by atoms with van der Waals surface area (Å²) in [5.74, 6) is 1.33. The topological polar surface area (TPSA) is 119 Å². The smallest absolute Gasteiger partial charge is 0.407 e. The van der Waals surface area contributed by atoms with Gasteiger partial charge in [-0.1, -0.05) is 6.92 Å². The van der Waals surface area contributed by atoms with Gasteiger partial charge in [0.15, 0.2) is 5.78 Å². The number of aryl methyl sites for hydroxylation is 2. The molecule has 0 bridgehead atoms. The summed E-state index contributed by atoms with van der Waals surface area (Å²) in [5.41, 5.74) is 2.62. The van der Waals surface area contributed by atoms with E-state index in [1.54, 1.807) is 39.0 Å². The van der Waals surface area contributed by atoms with Crippen LogP contribution < -0.4 is 10.1 Å². The maximum absolute atomic E-state index is 13.3. The van der Waals surface area contributed by atoms with Crippen LogP contribution in [-0.4, -0.2) is 45.8 Å². The number of aromatic nitrogens is 3. The number of rotatable bonds is 8. The summed E-state index contributed by atoms with van der Waals surface area (Å²) in [6.07, 6.45) is 0.135. The number of alkyl carbamates (subject to hydrolysis) is 1. The largest absolute Gasteiger partial charge is 0.491 e. The van der Waals surface area contributed by atoms with Gasteiger partial charge in [0.2, 0.25) is 5.89 Å². The van der Waals surface area contributed by atoms with Crippen LogP contribution in [0, 0.1) is 13.8 Å². The van der Waals surface area contributed by atoms with Gasteiger partial charge < -0.3 is 24.2 Å². The van der Waals surface area contributed by atoms with Gasteiger partial charge in [-0.15, -0.1) is 10.2 Å². The molecule has 0 unspecified atom stereocenters. The number of amides is 1. The minimum Gasteiger partial charge on any atom is -0.491 e. The number of ketones is 1. The number of hydrogen-bond acceptors (Lipinski definition) is 7. The lowest BCUT2D eigenvalue weighted by Crippen LogP contribution is -2.34. The van der Waals surface area contributed by atoms with Crippen molar-refractivity contribution in [3.8, 4) is 17.3 Å². The number of carbonyl (C=O) groups is 2. The van der Waals surface area contributed by atoms with E-state index in [1.807, 2.05) is 20.8 Å². The zero-order chi connectivity index (χ0) is 25.0. The predicted molar refractivity (Wildman–Crippen MR) is 130 cm³/mol. The molecule has 182 valence electrons. The van der Waals surface area contributed by atoms with Gasteiger partial charge in [-0.05, 0) is 74.3 Å². The second-order valence-electron chi connectivity index (χ2n) is 8.73. The van der Waals surface area contributed by atoms with Crippen LogP contribution in [0.4, 0.5) is 4.79 Å². The Kier molecular flexibility index (Phi) is 7.81. The van der Waals surface area contributed by atoms with Crippen LogP contribution >= 0.6 is 15.9 Å². The van der Waals surface area contributed by atoms with Crippen LogP contribution in [0.5, 0.6) is 5.75 Å². The molecule has 9 nitrogen and oxygen atoms in total. The first kappa shape index (κ1) is 25.5. The van der Waals surface area contributed by atoms with Crippen molar-refractivity contribution < 1.29 is 23.5 Å². The molecule has 0 radical (unpaired) electrons. The lowest BCUT2D eigenvalue weighted by atomic mass is 9.99. The van der Waals surface area contributed by atoms with Crippen molar-refractivity contribution >= 4 is 27.8 Å². The molecule has 2 aromatic heterocycles. The van der Waals surface area contributed by atoms with Crippen LogP contribution in [0.15, 0.2) is 27.1 Å². The Hall–Kier alpha value is -3.14. The summed E-state index contributed by atoms with van der Waals surface area (Å²) >= 11 is 3.47. The number of aromatic amines is 1. The molecule has 0 aliphatic carbocycles. The summed E-state index contributed by atoms with van der Waals surface area (Å²) in [6, 6.07) is 5.14. The maximum Gasteiger partial charge on any atom is 0.407 e. The van der Waals surface area contributed by atoms with Crippen LogP contribution in [0.2, 0.25) is 0 Å². The minimum atomic E-state index is -0.558. The third-order valence-corrected chi connectivity index (χ3v) is 5.49. The van der Waals surface area contributed by atoms with Gasteiger partial charge in [0, 0.05) is 23.2 Å². The number of hydrogen-bond donors (Lipinski definition) is 2. The molecular formula is C24H29BrN4O5. The van der Waals surface area contributed by atoms with E-state index in [4.69, 9.17) is 13.9 Å². The van der Waals surface area contributed by atoms with E-state index in [0.29, 0.717) is 45.2 Å². The highest BCUT2D eigenvalue weighted by atomic mass is 79.9. The molecule has 3 rings (SSSR count). The highest BCUT2D eigenvalue weighted by Crippen LogP contribution is 2.31. The zero-order valence-electron chi connectivity index (χ0n) is 20.2. The monoisotopic (exact) mass is 532 g/mol. The van der Waals surface area contributed by atoms with Crippen molar-refractivity contribution in [3.05, 3.63) is 50.9 Å². The molecule has 10 heteroatoms. The molecule has 2 heterocycles. The molecular weight excluding hydrogens is 504 g/mol. The normalized spacial score (nSPS) is 11.4. The molecule has 1 amide bonds. The van der Waals surface area contributed by atoms with E-state index >= 15 is 0 Å². The van der Waals surface area contributed by atoms with E-state index in [9.17, 15) is 9.59 Å². The number of nitrogens with one attached hydrogen (secondary N) is 2. The van der Waals surface area contributed by atoms with Gasteiger partial charge in [0.1, 0.15) is 23.7 Å². The maximum atomic E-state index is 13.3. The Morgan fingerprint density at radius 3 is 2.56 bits per heavy atom.